The van der Waals surface area contributed by atoms with Gasteiger partial charge in [-0.2, -0.15) is 4.31 Å². The van der Waals surface area contributed by atoms with Crippen LogP contribution in [0.3, 0.4) is 0 Å². The smallest absolute Gasteiger partial charge is 0.253 e. The van der Waals surface area contributed by atoms with Gasteiger partial charge in [0.25, 0.3) is 5.91 Å². The van der Waals surface area contributed by atoms with Crippen molar-refractivity contribution < 1.29 is 13.2 Å². The van der Waals surface area contributed by atoms with E-state index in [1.165, 1.54) is 21.3 Å². The zero-order chi connectivity index (χ0) is 18.9. The summed E-state index contributed by atoms with van der Waals surface area (Å²) in [6.07, 6.45) is 3.45. The van der Waals surface area contributed by atoms with Crippen LogP contribution in [0.5, 0.6) is 0 Å². The average molecular weight is 414 g/mol. The van der Waals surface area contributed by atoms with Crippen LogP contribution >= 0.6 is 12.4 Å². The lowest BCUT2D eigenvalue weighted by molar-refractivity contribution is 0.0827. The van der Waals surface area contributed by atoms with Gasteiger partial charge in [-0.25, -0.2) is 13.4 Å². The second-order valence-corrected chi connectivity index (χ2v) is 8.35. The summed E-state index contributed by atoms with van der Waals surface area (Å²) in [5.74, 6) is 0.448. The summed E-state index contributed by atoms with van der Waals surface area (Å²) < 4.78 is 29.9. The molecule has 1 saturated heterocycles. The highest BCUT2D eigenvalue weighted by molar-refractivity contribution is 7.89. The lowest BCUT2D eigenvalue weighted by atomic mass is 10.2. The number of benzene rings is 1. The van der Waals surface area contributed by atoms with Crippen LogP contribution < -0.4 is 5.32 Å². The molecule has 1 atom stereocenters. The molecule has 2 heterocycles. The molecule has 1 amide bonds. The van der Waals surface area contributed by atoms with E-state index in [0.717, 1.165) is 0 Å². The Bertz CT molecular complexity index is 913. The van der Waals surface area contributed by atoms with Crippen molar-refractivity contribution in [2.24, 2.45) is 7.05 Å². The van der Waals surface area contributed by atoms with Gasteiger partial charge < -0.3 is 14.8 Å². The Kier molecular flexibility index (Phi) is 6.63. The first kappa shape index (κ1) is 21.4. The zero-order valence-corrected chi connectivity index (χ0v) is 17.1. The first-order chi connectivity index (χ1) is 12.3. The Morgan fingerprint density at radius 3 is 2.70 bits per heavy atom. The van der Waals surface area contributed by atoms with Gasteiger partial charge in [-0.15, -0.1) is 12.4 Å². The monoisotopic (exact) mass is 413 g/mol. The Morgan fingerprint density at radius 2 is 2.07 bits per heavy atom. The van der Waals surface area contributed by atoms with Crippen molar-refractivity contribution in [3.63, 3.8) is 0 Å². The highest BCUT2D eigenvalue weighted by Gasteiger charge is 2.36. The number of aromatic nitrogens is 2. The van der Waals surface area contributed by atoms with Crippen LogP contribution in [0.4, 0.5) is 0 Å². The predicted octanol–water partition coefficient (Wildman–Crippen LogP) is 0.879. The standard InChI is InChI=1S/C17H23N5O3S.ClH/c1-20(2)17(23)13-5-4-6-14(11-13)26(24,25)22-10-7-18-12-15(22)16-19-8-9-21(16)3;/h4-6,8-9,11,15,18H,7,10,12H2,1-3H3;1H. The van der Waals surface area contributed by atoms with Crippen molar-refractivity contribution in [1.82, 2.24) is 24.1 Å². The molecule has 0 spiro atoms. The molecule has 1 N–H and O–H groups in total. The number of imidazole rings is 1. The van der Waals surface area contributed by atoms with E-state index in [0.29, 0.717) is 31.0 Å². The van der Waals surface area contributed by atoms with Crippen LogP contribution in [-0.2, 0) is 17.1 Å². The van der Waals surface area contributed by atoms with Crippen LogP contribution in [0.1, 0.15) is 22.2 Å². The van der Waals surface area contributed by atoms with Crippen LogP contribution in [0.25, 0.3) is 0 Å². The van der Waals surface area contributed by atoms with Gasteiger partial charge in [0.05, 0.1) is 10.9 Å². The van der Waals surface area contributed by atoms with E-state index in [1.807, 2.05) is 11.6 Å². The molecule has 2 aromatic rings. The Hall–Kier alpha value is -1.94. The SMILES string of the molecule is CN(C)C(=O)c1cccc(S(=O)(=O)N2CCNCC2c2nccn2C)c1.Cl. The molecule has 1 aromatic heterocycles. The van der Waals surface area contributed by atoms with Gasteiger partial charge in [0, 0.05) is 58.7 Å². The maximum atomic E-state index is 13.3. The van der Waals surface area contributed by atoms with Crippen molar-refractivity contribution in [2.75, 3.05) is 33.7 Å². The maximum absolute atomic E-state index is 13.3. The molecule has 0 saturated carbocycles. The summed E-state index contributed by atoms with van der Waals surface area (Å²) >= 11 is 0. The fourth-order valence-corrected chi connectivity index (χ4v) is 4.71. The number of carbonyl (C=O) groups excluding carboxylic acids is 1. The van der Waals surface area contributed by atoms with Gasteiger partial charge in [0.1, 0.15) is 5.82 Å². The number of sulfonamides is 1. The summed E-state index contributed by atoms with van der Waals surface area (Å²) in [6, 6.07) is 5.78. The highest BCUT2D eigenvalue weighted by atomic mass is 35.5. The number of piperazine rings is 1. The largest absolute Gasteiger partial charge is 0.345 e. The van der Waals surface area contributed by atoms with Crippen LogP contribution in [0, 0.1) is 0 Å². The lowest BCUT2D eigenvalue weighted by Crippen LogP contribution is -2.49. The molecule has 10 heteroatoms. The van der Waals surface area contributed by atoms with E-state index >= 15 is 0 Å². The van der Waals surface area contributed by atoms with Gasteiger partial charge in [-0.3, -0.25) is 4.79 Å². The van der Waals surface area contributed by atoms with Crippen molar-refractivity contribution in [1.29, 1.82) is 0 Å². The van der Waals surface area contributed by atoms with E-state index in [-0.39, 0.29) is 23.2 Å². The topological polar surface area (TPSA) is 87.5 Å². The van der Waals surface area contributed by atoms with E-state index in [1.54, 1.807) is 38.6 Å². The van der Waals surface area contributed by atoms with Crippen molar-refractivity contribution in [3.05, 3.63) is 48.0 Å². The number of nitrogens with zero attached hydrogens (tertiary/aromatic N) is 4. The molecular formula is C17H24ClN5O3S. The van der Waals surface area contributed by atoms with Crippen LogP contribution in [-0.4, -0.2) is 66.8 Å². The van der Waals surface area contributed by atoms with E-state index in [9.17, 15) is 13.2 Å². The maximum Gasteiger partial charge on any atom is 0.253 e. The van der Waals surface area contributed by atoms with Gasteiger partial charge in [-0.05, 0) is 18.2 Å². The molecule has 8 nitrogen and oxygen atoms in total. The van der Waals surface area contributed by atoms with Gasteiger partial charge in [0.2, 0.25) is 10.0 Å². The molecule has 0 aliphatic carbocycles. The number of nitrogens with one attached hydrogen (secondary N) is 1. The third kappa shape index (κ3) is 4.16. The molecule has 3 rings (SSSR count). The minimum absolute atomic E-state index is 0. The number of carbonyl (C=O) groups is 1. The Balaban J connectivity index is 0.00000261. The summed E-state index contributed by atoms with van der Waals surface area (Å²) in [5, 5.41) is 3.23. The van der Waals surface area contributed by atoms with Gasteiger partial charge in [0.15, 0.2) is 0 Å². The van der Waals surface area contributed by atoms with Crippen LogP contribution in [0.15, 0.2) is 41.6 Å². The summed E-state index contributed by atoms with van der Waals surface area (Å²) in [5.41, 5.74) is 0.347. The van der Waals surface area contributed by atoms with Crippen molar-refractivity contribution in [3.8, 4) is 0 Å². The number of halogens is 1. The average Bonchev–Trinajstić information content (AvgIpc) is 3.07. The van der Waals surface area contributed by atoms with Crippen molar-refractivity contribution in [2.45, 2.75) is 10.9 Å². The minimum Gasteiger partial charge on any atom is -0.345 e. The molecule has 148 valence electrons. The van der Waals surface area contributed by atoms with E-state index < -0.39 is 16.1 Å². The van der Waals surface area contributed by atoms with Gasteiger partial charge in [-0.1, -0.05) is 6.07 Å². The number of aryl methyl sites for hydroxylation is 1. The first-order valence-corrected chi connectivity index (χ1v) is 9.78. The number of hydrogen-bond donors (Lipinski definition) is 1. The molecular weight excluding hydrogens is 390 g/mol. The molecule has 1 aliphatic rings. The number of rotatable bonds is 4. The minimum atomic E-state index is -3.77. The molecule has 27 heavy (non-hydrogen) atoms. The van der Waals surface area contributed by atoms with E-state index in [4.69, 9.17) is 0 Å². The third-order valence-electron chi connectivity index (χ3n) is 4.44. The van der Waals surface area contributed by atoms with Crippen molar-refractivity contribution >= 4 is 28.3 Å². The second-order valence-electron chi connectivity index (χ2n) is 6.46. The lowest BCUT2D eigenvalue weighted by Gasteiger charge is -2.34. The third-order valence-corrected chi connectivity index (χ3v) is 6.35. The van der Waals surface area contributed by atoms with Gasteiger partial charge >= 0.3 is 0 Å². The Morgan fingerprint density at radius 1 is 1.33 bits per heavy atom. The number of hydrogen-bond acceptors (Lipinski definition) is 5. The predicted molar refractivity (Wildman–Crippen MR) is 104 cm³/mol. The summed E-state index contributed by atoms with van der Waals surface area (Å²) in [7, 11) is 1.35. The van der Waals surface area contributed by atoms with Crippen LogP contribution in [0.2, 0.25) is 0 Å². The molecule has 1 aliphatic heterocycles. The molecule has 0 radical (unpaired) electrons. The summed E-state index contributed by atoms with van der Waals surface area (Å²) in [4.78, 5) is 18.1. The molecule has 1 unspecified atom stereocenters. The zero-order valence-electron chi connectivity index (χ0n) is 15.5. The van der Waals surface area contributed by atoms with E-state index in [2.05, 4.69) is 10.3 Å². The second kappa shape index (κ2) is 8.39. The molecule has 1 fully saturated rings. The quantitative estimate of drug-likeness (QED) is 0.803. The fraction of sp³-hybridized carbons (Fsp3) is 0.412. The normalized spacial score (nSPS) is 18.0. The first-order valence-electron chi connectivity index (χ1n) is 8.34. The highest BCUT2D eigenvalue weighted by Crippen LogP contribution is 2.28. The Labute approximate surface area is 165 Å². The molecule has 0 bridgehead atoms. The summed E-state index contributed by atoms with van der Waals surface area (Å²) in [6.45, 7) is 1.39. The fourth-order valence-electron chi connectivity index (χ4n) is 3.07. The number of amides is 1. The molecule has 1 aromatic carbocycles.